The van der Waals surface area contributed by atoms with E-state index in [1.165, 1.54) is 11.2 Å². The molecule has 1 aromatic carbocycles. The SMILES string of the molecule is O=C(O)C1CN(C(=O)c2occc2CN2C(=O)Cc3ccccc32)CCO1. The van der Waals surface area contributed by atoms with Gasteiger partial charge in [0, 0.05) is 17.8 Å². The maximum absolute atomic E-state index is 12.8. The first-order valence-electron chi connectivity index (χ1n) is 8.63. The van der Waals surface area contributed by atoms with Crippen LogP contribution >= 0.6 is 0 Å². The van der Waals surface area contributed by atoms with Gasteiger partial charge in [-0.3, -0.25) is 9.59 Å². The number of anilines is 1. The standard InChI is InChI=1S/C19H18N2O6/c22-16-9-12-3-1-2-4-14(12)21(16)10-13-5-7-27-17(13)18(23)20-6-8-26-15(11-20)19(24)25/h1-5,7,15H,6,8-11H2,(H,24,25). The summed E-state index contributed by atoms with van der Waals surface area (Å²) in [4.78, 5) is 39.4. The van der Waals surface area contributed by atoms with Crippen molar-refractivity contribution in [2.75, 3.05) is 24.6 Å². The number of fused-ring (bicyclic) bond motifs is 1. The molecule has 1 fully saturated rings. The van der Waals surface area contributed by atoms with Gasteiger partial charge >= 0.3 is 5.97 Å². The van der Waals surface area contributed by atoms with Gasteiger partial charge in [0.15, 0.2) is 11.9 Å². The lowest BCUT2D eigenvalue weighted by Crippen LogP contribution is -2.48. The molecular weight excluding hydrogens is 352 g/mol. The fraction of sp³-hybridized carbons (Fsp3) is 0.316. The molecule has 1 atom stereocenters. The first kappa shape index (κ1) is 17.3. The Morgan fingerprint density at radius 2 is 2.04 bits per heavy atom. The maximum atomic E-state index is 12.8. The number of morpholine rings is 1. The Balaban J connectivity index is 1.54. The number of carbonyl (C=O) groups is 3. The number of carboxylic acids is 1. The Hall–Kier alpha value is -3.13. The van der Waals surface area contributed by atoms with E-state index in [-0.39, 0.29) is 37.9 Å². The van der Waals surface area contributed by atoms with Crippen molar-refractivity contribution < 1.29 is 28.6 Å². The summed E-state index contributed by atoms with van der Waals surface area (Å²) in [6.45, 7) is 0.616. The Bertz CT molecular complexity index is 905. The van der Waals surface area contributed by atoms with E-state index in [0.717, 1.165) is 11.3 Å². The molecule has 1 N–H and O–H groups in total. The summed E-state index contributed by atoms with van der Waals surface area (Å²) in [7, 11) is 0. The summed E-state index contributed by atoms with van der Waals surface area (Å²) < 4.78 is 10.5. The predicted molar refractivity (Wildman–Crippen MR) is 93.3 cm³/mol. The number of furan rings is 1. The number of carboxylic acid groups (broad SMARTS) is 1. The van der Waals surface area contributed by atoms with Crippen molar-refractivity contribution in [1.82, 2.24) is 4.90 Å². The van der Waals surface area contributed by atoms with Crippen molar-refractivity contribution in [3.05, 3.63) is 53.5 Å². The summed E-state index contributed by atoms with van der Waals surface area (Å²) in [5, 5.41) is 9.10. The highest BCUT2D eigenvalue weighted by atomic mass is 16.5. The van der Waals surface area contributed by atoms with Crippen molar-refractivity contribution in [3.8, 4) is 0 Å². The van der Waals surface area contributed by atoms with Crippen LogP contribution in [0.4, 0.5) is 5.69 Å². The van der Waals surface area contributed by atoms with Crippen LogP contribution in [-0.4, -0.2) is 53.6 Å². The molecule has 2 aliphatic heterocycles. The van der Waals surface area contributed by atoms with Crippen molar-refractivity contribution in [1.29, 1.82) is 0 Å². The highest BCUT2D eigenvalue weighted by Gasteiger charge is 2.33. The second-order valence-electron chi connectivity index (χ2n) is 6.51. The smallest absolute Gasteiger partial charge is 0.334 e. The monoisotopic (exact) mass is 370 g/mol. The van der Waals surface area contributed by atoms with Crippen LogP contribution in [0.3, 0.4) is 0 Å². The Morgan fingerprint density at radius 1 is 1.22 bits per heavy atom. The molecule has 0 spiro atoms. The largest absolute Gasteiger partial charge is 0.479 e. The van der Waals surface area contributed by atoms with E-state index in [2.05, 4.69) is 0 Å². The van der Waals surface area contributed by atoms with E-state index < -0.39 is 18.0 Å². The molecule has 140 valence electrons. The lowest BCUT2D eigenvalue weighted by atomic mass is 10.1. The third kappa shape index (κ3) is 3.19. The molecule has 0 saturated carbocycles. The summed E-state index contributed by atoms with van der Waals surface area (Å²) in [6, 6.07) is 9.21. The molecule has 8 heteroatoms. The lowest BCUT2D eigenvalue weighted by Gasteiger charge is -2.30. The topological polar surface area (TPSA) is 100 Å². The molecule has 3 heterocycles. The second kappa shape index (κ2) is 6.88. The molecule has 1 aromatic heterocycles. The summed E-state index contributed by atoms with van der Waals surface area (Å²) in [5.41, 5.74) is 2.37. The maximum Gasteiger partial charge on any atom is 0.334 e. The zero-order valence-electron chi connectivity index (χ0n) is 14.5. The Kier molecular flexibility index (Phi) is 4.41. The van der Waals surface area contributed by atoms with Gasteiger partial charge in [0.25, 0.3) is 5.91 Å². The molecular formula is C19H18N2O6. The van der Waals surface area contributed by atoms with Crippen LogP contribution in [0.15, 0.2) is 41.0 Å². The van der Waals surface area contributed by atoms with E-state index in [0.29, 0.717) is 12.0 Å². The highest BCUT2D eigenvalue weighted by Crippen LogP contribution is 2.30. The van der Waals surface area contributed by atoms with E-state index in [9.17, 15) is 14.4 Å². The van der Waals surface area contributed by atoms with Gasteiger partial charge in [-0.2, -0.15) is 0 Å². The van der Waals surface area contributed by atoms with Gasteiger partial charge in [-0.15, -0.1) is 0 Å². The number of benzene rings is 1. The molecule has 4 rings (SSSR count). The highest BCUT2D eigenvalue weighted by molar-refractivity contribution is 6.01. The molecule has 0 bridgehead atoms. The van der Waals surface area contributed by atoms with Crippen LogP contribution in [0, 0.1) is 0 Å². The van der Waals surface area contributed by atoms with Crippen LogP contribution in [0.5, 0.6) is 0 Å². The molecule has 2 aliphatic rings. The molecule has 2 amide bonds. The van der Waals surface area contributed by atoms with Gasteiger partial charge in [0.05, 0.1) is 32.4 Å². The number of hydrogen-bond donors (Lipinski definition) is 1. The third-order valence-electron chi connectivity index (χ3n) is 4.82. The zero-order valence-corrected chi connectivity index (χ0v) is 14.5. The second-order valence-corrected chi connectivity index (χ2v) is 6.51. The normalized spacial score (nSPS) is 19.3. The van der Waals surface area contributed by atoms with E-state index in [4.69, 9.17) is 14.3 Å². The van der Waals surface area contributed by atoms with Gasteiger partial charge in [0.2, 0.25) is 5.91 Å². The minimum Gasteiger partial charge on any atom is -0.479 e. The Morgan fingerprint density at radius 3 is 2.85 bits per heavy atom. The molecule has 1 unspecified atom stereocenters. The van der Waals surface area contributed by atoms with Crippen LogP contribution in [0.2, 0.25) is 0 Å². The van der Waals surface area contributed by atoms with Crippen molar-refractivity contribution in [2.45, 2.75) is 19.1 Å². The number of ether oxygens (including phenoxy) is 1. The van der Waals surface area contributed by atoms with E-state index in [1.807, 2.05) is 24.3 Å². The zero-order chi connectivity index (χ0) is 19.0. The average molecular weight is 370 g/mol. The average Bonchev–Trinajstić information content (AvgIpc) is 3.26. The van der Waals surface area contributed by atoms with Gasteiger partial charge in [0.1, 0.15) is 0 Å². The molecule has 2 aromatic rings. The van der Waals surface area contributed by atoms with Crippen LogP contribution in [0.25, 0.3) is 0 Å². The van der Waals surface area contributed by atoms with Crippen LogP contribution < -0.4 is 4.90 Å². The Labute approximate surface area is 154 Å². The third-order valence-corrected chi connectivity index (χ3v) is 4.82. The van der Waals surface area contributed by atoms with Gasteiger partial charge < -0.3 is 24.1 Å². The van der Waals surface area contributed by atoms with Crippen LogP contribution in [0.1, 0.15) is 21.7 Å². The number of para-hydroxylation sites is 1. The number of rotatable bonds is 4. The number of carbonyl (C=O) groups excluding carboxylic acids is 2. The van der Waals surface area contributed by atoms with Crippen molar-refractivity contribution in [3.63, 3.8) is 0 Å². The fourth-order valence-electron chi connectivity index (χ4n) is 3.43. The first-order chi connectivity index (χ1) is 13.0. The van der Waals surface area contributed by atoms with Gasteiger partial charge in [-0.05, 0) is 17.7 Å². The van der Waals surface area contributed by atoms with Crippen LogP contribution in [-0.2, 0) is 27.3 Å². The molecule has 8 nitrogen and oxygen atoms in total. The van der Waals surface area contributed by atoms with E-state index in [1.54, 1.807) is 11.0 Å². The van der Waals surface area contributed by atoms with Gasteiger partial charge in [-0.1, -0.05) is 18.2 Å². The molecule has 0 radical (unpaired) electrons. The first-order valence-corrected chi connectivity index (χ1v) is 8.63. The van der Waals surface area contributed by atoms with Crippen molar-refractivity contribution >= 4 is 23.5 Å². The number of amides is 2. The van der Waals surface area contributed by atoms with Crippen molar-refractivity contribution in [2.24, 2.45) is 0 Å². The molecule has 0 aliphatic carbocycles. The predicted octanol–water partition coefficient (Wildman–Crippen LogP) is 1.29. The number of nitrogens with zero attached hydrogens (tertiary/aromatic N) is 2. The lowest BCUT2D eigenvalue weighted by molar-refractivity contribution is -0.154. The molecule has 1 saturated heterocycles. The van der Waals surface area contributed by atoms with E-state index >= 15 is 0 Å². The summed E-state index contributed by atoms with van der Waals surface area (Å²) in [6.07, 6.45) is 0.693. The number of aliphatic carboxylic acids is 1. The molecule has 27 heavy (non-hydrogen) atoms. The summed E-state index contributed by atoms with van der Waals surface area (Å²) >= 11 is 0. The number of hydrogen-bond acceptors (Lipinski definition) is 5. The summed E-state index contributed by atoms with van der Waals surface area (Å²) in [5.74, 6) is -1.41. The minimum atomic E-state index is -1.11. The van der Waals surface area contributed by atoms with Gasteiger partial charge in [-0.25, -0.2) is 4.79 Å². The fourth-order valence-corrected chi connectivity index (χ4v) is 3.43. The quantitative estimate of drug-likeness (QED) is 0.871. The minimum absolute atomic E-state index is 0.0342.